The molecule has 2 aromatic carbocycles. The topological polar surface area (TPSA) is 148 Å². The van der Waals surface area contributed by atoms with Crippen molar-refractivity contribution in [3.8, 4) is 41.4 Å². The molecule has 15 heteroatoms. The van der Waals surface area contributed by atoms with E-state index in [9.17, 15) is 15.2 Å². The van der Waals surface area contributed by atoms with Crippen LogP contribution in [-0.4, -0.2) is 66.0 Å². The molecule has 8 rings (SSSR count). The van der Waals surface area contributed by atoms with Gasteiger partial charge in [0.2, 0.25) is 0 Å². The van der Waals surface area contributed by atoms with Gasteiger partial charge in [0.25, 0.3) is 0 Å². The predicted octanol–water partition coefficient (Wildman–Crippen LogP) is 6.42. The number of hydrogen-bond acceptors (Lipinski definition) is 10. The molecule has 0 spiro atoms. The molecule has 11 nitrogen and oxygen atoms in total. The summed E-state index contributed by atoms with van der Waals surface area (Å²) in [5.74, 6) is -1.04. The second kappa shape index (κ2) is 17.7. The average molecular weight is 729 g/mol. The summed E-state index contributed by atoms with van der Waals surface area (Å²) < 4.78 is 3.54. The van der Waals surface area contributed by atoms with Gasteiger partial charge in [0.1, 0.15) is 28.5 Å². The maximum Gasteiger partial charge on any atom is 0.354 e. The highest BCUT2D eigenvalue weighted by Crippen LogP contribution is 2.25. The fourth-order valence-corrected chi connectivity index (χ4v) is 6.85. The second-order valence-electron chi connectivity index (χ2n) is 11.2. The van der Waals surface area contributed by atoms with Crippen LogP contribution in [0.1, 0.15) is 38.4 Å². The highest BCUT2D eigenvalue weighted by Gasteiger charge is 2.15. The molecule has 0 unspecified atom stereocenters. The van der Waals surface area contributed by atoms with Crippen molar-refractivity contribution in [3.63, 3.8) is 0 Å². The summed E-state index contributed by atoms with van der Waals surface area (Å²) in [5, 5.41) is 31.0. The highest BCUT2D eigenvalue weighted by atomic mass is 32.1. The summed E-state index contributed by atoms with van der Waals surface area (Å²) >= 11 is 3.16. The van der Waals surface area contributed by atoms with Crippen LogP contribution in [0.3, 0.4) is 0 Å². The van der Waals surface area contributed by atoms with Gasteiger partial charge < -0.3 is 5.11 Å². The van der Waals surface area contributed by atoms with E-state index in [1.165, 1.54) is 5.56 Å². The largest absolute Gasteiger partial charge is 0.477 e. The fraction of sp³-hybridized carbons (Fsp3) is 0.105. The molecular weight excluding hydrogens is 700 g/mol. The number of nitriles is 1. The first-order valence-corrected chi connectivity index (χ1v) is 17.6. The lowest BCUT2D eigenvalue weighted by atomic mass is 9.81. The number of carbonyl (C=O) groups is 1. The normalized spacial score (nSPS) is 10.2. The minimum atomic E-state index is -1.04. The molecule has 0 amide bonds. The van der Waals surface area contributed by atoms with Crippen LogP contribution in [0, 0.1) is 24.2 Å². The molecule has 8 aromatic rings. The van der Waals surface area contributed by atoms with Crippen molar-refractivity contribution in [1.29, 1.82) is 5.26 Å². The van der Waals surface area contributed by atoms with Gasteiger partial charge in [-0.3, -0.25) is 9.36 Å². The number of carboxylic acid groups (broad SMARTS) is 1. The van der Waals surface area contributed by atoms with E-state index in [1.54, 1.807) is 45.8 Å². The Hall–Kier alpha value is -6.41. The van der Waals surface area contributed by atoms with Crippen LogP contribution in [0.2, 0.25) is 0 Å². The molecule has 0 saturated carbocycles. The summed E-state index contributed by atoms with van der Waals surface area (Å²) in [4.78, 5) is 28.4. The van der Waals surface area contributed by atoms with E-state index in [0.717, 1.165) is 62.2 Å². The van der Waals surface area contributed by atoms with Crippen molar-refractivity contribution >= 4 is 66.2 Å². The first-order chi connectivity index (χ1) is 25.9. The van der Waals surface area contributed by atoms with Crippen LogP contribution < -0.4 is 0 Å². The van der Waals surface area contributed by atoms with Gasteiger partial charge in [-0.25, -0.2) is 24.7 Å². The molecule has 6 heterocycles. The van der Waals surface area contributed by atoms with Crippen molar-refractivity contribution in [1.82, 2.24) is 39.5 Å². The number of carboxylic acids is 1. The molecule has 0 atom stereocenters. The number of fused-ring (bicyclic) bond motifs is 2. The molecule has 0 aliphatic carbocycles. The first-order valence-electron chi connectivity index (χ1n) is 15.7. The zero-order chi connectivity index (χ0) is 37.9. The molecule has 53 heavy (non-hydrogen) atoms. The van der Waals surface area contributed by atoms with Crippen LogP contribution >= 0.6 is 22.7 Å². The third-order valence-corrected chi connectivity index (χ3v) is 9.21. The quantitative estimate of drug-likeness (QED) is 0.145. The second-order valence-corrected chi connectivity index (χ2v) is 12.7. The van der Waals surface area contributed by atoms with Crippen LogP contribution in [0.4, 0.5) is 0 Å². The number of terminal acetylenes is 1. The summed E-state index contributed by atoms with van der Waals surface area (Å²) in [6.45, 7) is 0. The van der Waals surface area contributed by atoms with E-state index in [2.05, 4.69) is 88.8 Å². The van der Waals surface area contributed by atoms with Crippen LogP contribution in [0.5, 0.6) is 0 Å². The standard InChI is InChI=1S/C18H13N5S.C18H14N4O2S.C2H2.B2/c1-23-18-14(7-15(8-19)22-16(18)9-21-23)6-12-2-4-13(5-3-12)17-10-24-11-20-17;1-22-17-13(7-14(18(23)24)21-15(17)8-20-22)6-11-2-4-12(5-3-11)16-9-25-10-19-16;2*1-2/h2-5,7,9-11H,6H2,1H3;2-5,7-10H,6H2,1H3,(H,23,24);1-2H;. The van der Waals surface area contributed by atoms with E-state index in [0.29, 0.717) is 17.6 Å². The lowest BCUT2D eigenvalue weighted by Gasteiger charge is -2.08. The number of benzene rings is 2. The molecule has 4 radical (unpaired) electrons. The summed E-state index contributed by atoms with van der Waals surface area (Å²) in [6.07, 6.45) is 12.6. The van der Waals surface area contributed by atoms with Crippen molar-refractivity contribution in [2.24, 2.45) is 14.1 Å². The van der Waals surface area contributed by atoms with Gasteiger partial charge in [-0.15, -0.1) is 35.5 Å². The van der Waals surface area contributed by atoms with Gasteiger partial charge in [-0.2, -0.15) is 15.5 Å². The fourth-order valence-electron chi connectivity index (χ4n) is 5.72. The maximum atomic E-state index is 11.3. The van der Waals surface area contributed by atoms with Crippen LogP contribution in [0.25, 0.3) is 44.6 Å². The summed E-state index contributed by atoms with van der Waals surface area (Å²) in [5.41, 5.74) is 15.6. The number of hydrogen-bond donors (Lipinski definition) is 1. The number of aryl methyl sites for hydroxylation is 2. The van der Waals surface area contributed by atoms with Gasteiger partial charge in [-0.1, -0.05) is 48.5 Å². The molecule has 6 aromatic heterocycles. The van der Waals surface area contributed by atoms with E-state index in [-0.39, 0.29) is 5.69 Å². The van der Waals surface area contributed by atoms with Gasteiger partial charge in [0.15, 0.2) is 0 Å². The van der Waals surface area contributed by atoms with Gasteiger partial charge >= 0.3 is 5.97 Å². The Balaban J connectivity index is 0.000000187. The van der Waals surface area contributed by atoms with Crippen LogP contribution in [0.15, 0.2) is 94.8 Å². The van der Waals surface area contributed by atoms with E-state index in [4.69, 9.17) is 0 Å². The Morgan fingerprint density at radius 3 is 1.64 bits per heavy atom. The molecule has 0 bridgehead atoms. The van der Waals surface area contributed by atoms with Crippen molar-refractivity contribution in [3.05, 3.63) is 128 Å². The summed E-state index contributed by atoms with van der Waals surface area (Å²) in [6, 6.07) is 22.1. The third-order valence-electron chi connectivity index (χ3n) is 8.04. The van der Waals surface area contributed by atoms with Gasteiger partial charge in [-0.05, 0) is 47.2 Å². The molecule has 1 N–H and O–H groups in total. The molecule has 0 aliphatic rings. The zero-order valence-electron chi connectivity index (χ0n) is 28.7. The van der Waals surface area contributed by atoms with E-state index < -0.39 is 5.97 Å². The smallest absolute Gasteiger partial charge is 0.354 e. The number of aromatic carboxylic acids is 1. The monoisotopic (exact) mass is 729 g/mol. The number of rotatable bonds is 7. The molecular formula is C38H29B2N9O2S2. The number of nitrogens with zero attached hydrogens (tertiary/aromatic N) is 9. The lowest BCUT2D eigenvalue weighted by molar-refractivity contribution is 0.0690. The van der Waals surface area contributed by atoms with E-state index >= 15 is 0 Å². The molecule has 0 fully saturated rings. The predicted molar refractivity (Wildman–Crippen MR) is 211 cm³/mol. The number of aromatic nitrogens is 8. The average Bonchev–Trinajstić information content (AvgIpc) is 4.04. The Morgan fingerprint density at radius 2 is 1.23 bits per heavy atom. The lowest BCUT2D eigenvalue weighted by Crippen LogP contribution is -2.04. The first kappa shape index (κ1) is 37.8. The van der Waals surface area contributed by atoms with Crippen molar-refractivity contribution in [2.75, 3.05) is 0 Å². The number of thiazole rings is 2. The minimum Gasteiger partial charge on any atom is -0.477 e. The highest BCUT2D eigenvalue weighted by molar-refractivity contribution is 7.08. The minimum absolute atomic E-state index is 0.0367. The summed E-state index contributed by atoms with van der Waals surface area (Å²) in [7, 11) is 11.7. The molecule has 0 saturated heterocycles. The van der Waals surface area contributed by atoms with Crippen LogP contribution in [-0.2, 0) is 26.9 Å². The maximum absolute atomic E-state index is 11.3. The Morgan fingerprint density at radius 1 is 0.774 bits per heavy atom. The zero-order valence-corrected chi connectivity index (χ0v) is 30.3. The SMILES string of the molecule is C#C.Cn1ncc2nc(C#N)cc(Cc3ccc(-c4cscn4)cc3)c21.Cn1ncc2nc(C(=O)O)cc(Cc3ccc(-c4cscn4)cc3)c21.[B][B]. The molecule has 256 valence electrons. The Labute approximate surface area is 316 Å². The molecule has 0 aliphatic heterocycles. The van der Waals surface area contributed by atoms with Gasteiger partial charge in [0.05, 0.1) is 45.8 Å². The van der Waals surface area contributed by atoms with Crippen molar-refractivity contribution in [2.45, 2.75) is 12.8 Å². The van der Waals surface area contributed by atoms with Gasteiger partial charge in [0, 0.05) is 51.5 Å². The van der Waals surface area contributed by atoms with E-state index in [1.807, 2.05) is 70.9 Å². The number of pyridine rings is 2. The Bertz CT molecular complexity index is 2500. The third kappa shape index (κ3) is 8.73. The Kier molecular flexibility index (Phi) is 12.6. The van der Waals surface area contributed by atoms with Crippen molar-refractivity contribution < 1.29 is 9.90 Å².